The van der Waals surface area contributed by atoms with Gasteiger partial charge < -0.3 is 24.3 Å². The number of hydrogen-bond acceptors (Lipinski definition) is 7. The van der Waals surface area contributed by atoms with Crippen LogP contribution >= 0.6 is 0 Å². The number of hydrogen-bond donors (Lipinski definition) is 0. The third kappa shape index (κ3) is 5.93. The van der Waals surface area contributed by atoms with Crippen molar-refractivity contribution in [2.75, 3.05) is 68.9 Å². The second-order valence-electron chi connectivity index (χ2n) is 11.8. The Bertz CT molecular complexity index is 1580. The van der Waals surface area contributed by atoms with Gasteiger partial charge in [0.25, 0.3) is 0 Å². The normalized spacial score (nSPS) is 20.5. The summed E-state index contributed by atoms with van der Waals surface area (Å²) in [6.07, 6.45) is 4.37. The predicted octanol–water partition coefficient (Wildman–Crippen LogP) is 4.44. The smallest absolute Gasteiger partial charge is 0.318 e. The summed E-state index contributed by atoms with van der Waals surface area (Å²) in [4.78, 5) is 35.0. The van der Waals surface area contributed by atoms with Crippen LogP contribution in [-0.4, -0.2) is 96.9 Å². The van der Waals surface area contributed by atoms with Crippen LogP contribution in [0.3, 0.4) is 0 Å². The van der Waals surface area contributed by atoms with E-state index < -0.39 is 6.67 Å². The Hall–Kier alpha value is -4.23. The van der Waals surface area contributed by atoms with Crippen molar-refractivity contribution < 1.29 is 13.9 Å². The van der Waals surface area contributed by atoms with E-state index in [1.165, 1.54) is 34.2 Å². The highest BCUT2D eigenvalue weighted by atomic mass is 19.1. The maximum Gasteiger partial charge on any atom is 0.318 e. The summed E-state index contributed by atoms with van der Waals surface area (Å²) in [5.41, 5.74) is 4.50. The number of likely N-dealkylation sites (N-methyl/N-ethyl adjacent to an activating group) is 1. The molecule has 3 aromatic rings. The number of nitrogens with zero attached hydrogens (tertiary/aromatic N) is 7. The van der Waals surface area contributed by atoms with Gasteiger partial charge in [0, 0.05) is 61.5 Å². The number of rotatable bonds is 9. The number of piperazine rings is 1. The first kappa shape index (κ1) is 29.8. The highest BCUT2D eigenvalue weighted by molar-refractivity contribution is 5.97. The molecule has 0 bridgehead atoms. The van der Waals surface area contributed by atoms with Crippen molar-refractivity contribution in [3.8, 4) is 6.01 Å². The van der Waals surface area contributed by atoms with E-state index in [4.69, 9.17) is 21.3 Å². The van der Waals surface area contributed by atoms with Crippen LogP contribution in [0.4, 0.5) is 15.9 Å². The number of likely N-dealkylation sites (tertiary alicyclic amines) is 1. The number of alkyl halides is 1. The molecular formula is C34H40FN7O2. The Labute approximate surface area is 258 Å². The minimum absolute atomic E-state index is 0.172. The van der Waals surface area contributed by atoms with Crippen molar-refractivity contribution in [2.45, 2.75) is 45.3 Å². The Kier molecular flexibility index (Phi) is 8.94. The van der Waals surface area contributed by atoms with Gasteiger partial charge >= 0.3 is 6.01 Å². The maximum absolute atomic E-state index is 12.8. The molecule has 9 nitrogen and oxygen atoms in total. The molecule has 0 saturated carbocycles. The maximum atomic E-state index is 12.8. The molecule has 1 unspecified atom stereocenters. The van der Waals surface area contributed by atoms with Gasteiger partial charge in [-0.05, 0) is 49.4 Å². The SMILES string of the molecule is [C-]#[N+]C[C@H]1CN(c2nc(OCC3CCN3CC)nc3c2CCN(c2cccc4cccc(C)c24)C3)CCN1C(=O)/C=C/CF. The standard InChI is InChI=1S/C34H40FN7O2/c1-4-39-16-13-26(39)23-44-34-37-29-22-40(30-11-6-10-25-9-5-8-24(2)32(25)30)17-14-28(29)33(38-34)41-18-19-42(27(21-41)20-36-3)31(43)12-7-15-35/h5-12,26-27H,4,13-23H2,1-2H3/b12-7+/t26?,27-/m0/s1. The Balaban J connectivity index is 1.32. The molecule has 1 aromatic heterocycles. The van der Waals surface area contributed by atoms with Gasteiger partial charge in [0.15, 0.2) is 0 Å². The molecule has 44 heavy (non-hydrogen) atoms. The molecule has 0 N–H and O–H groups in total. The first-order valence-corrected chi connectivity index (χ1v) is 15.6. The second kappa shape index (κ2) is 13.2. The van der Waals surface area contributed by atoms with Gasteiger partial charge in [0.05, 0.1) is 12.2 Å². The zero-order valence-electron chi connectivity index (χ0n) is 25.6. The molecule has 3 aliphatic heterocycles. The van der Waals surface area contributed by atoms with Crippen LogP contribution in [0.1, 0.15) is 30.2 Å². The first-order valence-electron chi connectivity index (χ1n) is 15.6. The summed E-state index contributed by atoms with van der Waals surface area (Å²) in [6.45, 7) is 16.9. The number of amides is 1. The van der Waals surface area contributed by atoms with E-state index in [9.17, 15) is 9.18 Å². The van der Waals surface area contributed by atoms with E-state index in [1.807, 2.05) is 0 Å². The van der Waals surface area contributed by atoms with Crippen LogP contribution in [0.2, 0.25) is 0 Å². The summed E-state index contributed by atoms with van der Waals surface area (Å²) >= 11 is 0. The molecule has 2 saturated heterocycles. The third-order valence-corrected chi connectivity index (χ3v) is 9.25. The second-order valence-corrected chi connectivity index (χ2v) is 11.8. The molecule has 230 valence electrons. The molecule has 3 aliphatic rings. The number of benzene rings is 2. The van der Waals surface area contributed by atoms with E-state index in [-0.39, 0.29) is 18.5 Å². The number of fused-ring (bicyclic) bond motifs is 2. The Morgan fingerprint density at radius 3 is 2.70 bits per heavy atom. The number of carbonyl (C=O) groups excluding carboxylic acids is 1. The number of aryl methyl sites for hydroxylation is 1. The molecule has 2 atom stereocenters. The lowest BCUT2D eigenvalue weighted by atomic mass is 9.99. The van der Waals surface area contributed by atoms with E-state index in [0.29, 0.717) is 44.8 Å². The lowest BCUT2D eigenvalue weighted by Crippen LogP contribution is -2.56. The molecule has 0 aliphatic carbocycles. The van der Waals surface area contributed by atoms with Crippen LogP contribution in [0.15, 0.2) is 48.6 Å². The van der Waals surface area contributed by atoms with Gasteiger partial charge in [-0.3, -0.25) is 9.69 Å². The van der Waals surface area contributed by atoms with Gasteiger partial charge in [-0.1, -0.05) is 37.3 Å². The van der Waals surface area contributed by atoms with Gasteiger partial charge in [-0.2, -0.15) is 9.97 Å². The van der Waals surface area contributed by atoms with Crippen LogP contribution in [0.25, 0.3) is 15.6 Å². The zero-order chi connectivity index (χ0) is 30.6. The lowest BCUT2D eigenvalue weighted by Gasteiger charge is -2.41. The minimum atomic E-state index is -0.693. The monoisotopic (exact) mass is 597 g/mol. The predicted molar refractivity (Wildman–Crippen MR) is 171 cm³/mol. The highest BCUT2D eigenvalue weighted by Crippen LogP contribution is 2.36. The van der Waals surface area contributed by atoms with Crippen LogP contribution in [0, 0.1) is 13.5 Å². The summed E-state index contributed by atoms with van der Waals surface area (Å²) in [6, 6.07) is 13.3. The van der Waals surface area contributed by atoms with E-state index >= 15 is 0 Å². The molecule has 0 spiro atoms. The molecule has 10 heteroatoms. The van der Waals surface area contributed by atoms with E-state index in [1.54, 1.807) is 4.90 Å². The fourth-order valence-electron chi connectivity index (χ4n) is 6.80. The molecule has 2 aromatic carbocycles. The van der Waals surface area contributed by atoms with Gasteiger partial charge in [0.2, 0.25) is 12.5 Å². The summed E-state index contributed by atoms with van der Waals surface area (Å²) in [5, 5.41) is 2.49. The number of halogens is 1. The van der Waals surface area contributed by atoms with Gasteiger partial charge in [-0.25, -0.2) is 11.0 Å². The highest BCUT2D eigenvalue weighted by Gasteiger charge is 2.35. The quantitative estimate of drug-likeness (QED) is 0.267. The van der Waals surface area contributed by atoms with Gasteiger partial charge in [0.1, 0.15) is 25.1 Å². The minimum Gasteiger partial charge on any atom is -0.462 e. The average Bonchev–Trinajstić information content (AvgIpc) is 3.02. The number of aromatic nitrogens is 2. The van der Waals surface area contributed by atoms with E-state index in [2.05, 4.69) is 69.8 Å². The lowest BCUT2D eigenvalue weighted by molar-refractivity contribution is -0.128. The molecule has 0 radical (unpaired) electrons. The van der Waals surface area contributed by atoms with E-state index in [0.717, 1.165) is 49.6 Å². The number of anilines is 2. The van der Waals surface area contributed by atoms with Crippen molar-refractivity contribution in [3.05, 3.63) is 76.8 Å². The molecule has 6 rings (SSSR count). The Morgan fingerprint density at radius 1 is 1.11 bits per heavy atom. The van der Waals surface area contributed by atoms with Crippen molar-refractivity contribution in [3.63, 3.8) is 0 Å². The Morgan fingerprint density at radius 2 is 1.95 bits per heavy atom. The van der Waals surface area contributed by atoms with Gasteiger partial charge in [-0.15, -0.1) is 0 Å². The first-order chi connectivity index (χ1) is 21.5. The zero-order valence-corrected chi connectivity index (χ0v) is 25.6. The molecule has 2 fully saturated rings. The summed E-state index contributed by atoms with van der Waals surface area (Å²) in [7, 11) is 0. The largest absolute Gasteiger partial charge is 0.462 e. The topological polar surface area (TPSA) is 69.4 Å². The van der Waals surface area contributed by atoms with Crippen molar-refractivity contribution in [1.82, 2.24) is 19.8 Å². The summed E-state index contributed by atoms with van der Waals surface area (Å²) < 4.78 is 19.0. The number of ether oxygens (including phenoxy) is 1. The third-order valence-electron chi connectivity index (χ3n) is 9.25. The van der Waals surface area contributed by atoms with Crippen molar-refractivity contribution in [1.29, 1.82) is 0 Å². The average molecular weight is 598 g/mol. The molecule has 1 amide bonds. The molecule has 4 heterocycles. The number of carbonyl (C=O) groups is 1. The fraction of sp³-hybridized carbons (Fsp3) is 0.471. The van der Waals surface area contributed by atoms with Crippen molar-refractivity contribution in [2.24, 2.45) is 0 Å². The number of allylic oxidation sites excluding steroid dienone is 1. The molecular weight excluding hydrogens is 557 g/mol. The van der Waals surface area contributed by atoms with Crippen LogP contribution in [-0.2, 0) is 17.8 Å². The van der Waals surface area contributed by atoms with Crippen LogP contribution < -0.4 is 14.5 Å². The van der Waals surface area contributed by atoms with Crippen LogP contribution in [0.5, 0.6) is 6.01 Å². The fourth-order valence-corrected chi connectivity index (χ4v) is 6.80. The summed E-state index contributed by atoms with van der Waals surface area (Å²) in [5.74, 6) is 0.577. The van der Waals surface area contributed by atoms with Crippen molar-refractivity contribution >= 4 is 28.2 Å².